The topological polar surface area (TPSA) is 32.7 Å². The van der Waals surface area contributed by atoms with Crippen LogP contribution in [0.3, 0.4) is 0 Å². The van der Waals surface area contributed by atoms with Crippen LogP contribution in [0.2, 0.25) is 0 Å². The molecule has 1 saturated heterocycles. The van der Waals surface area contributed by atoms with Gasteiger partial charge in [0.25, 0.3) is 5.91 Å². The minimum Gasteiger partial charge on any atom is -0.287 e. The number of para-hydroxylation sites is 1. The van der Waals surface area contributed by atoms with Gasteiger partial charge in [0.05, 0.1) is 10.6 Å². The molecule has 0 unspecified atom stereocenters. The molecule has 2 aromatic rings. The molecule has 0 N–H and O–H groups in total. The first kappa shape index (κ1) is 15.5. The number of rotatable bonds is 3. The Labute approximate surface area is 138 Å². The fourth-order valence-corrected chi connectivity index (χ4v) is 3.26. The van der Waals surface area contributed by atoms with Gasteiger partial charge in [0, 0.05) is 6.54 Å². The number of hydrogen-bond acceptors (Lipinski definition) is 3. The van der Waals surface area contributed by atoms with E-state index in [1.54, 1.807) is 23.1 Å². The Balaban J connectivity index is 1.91. The van der Waals surface area contributed by atoms with Gasteiger partial charge in [-0.05, 0) is 54.6 Å². The molecule has 0 radical (unpaired) electrons. The van der Waals surface area contributed by atoms with Crippen molar-refractivity contribution in [2.24, 2.45) is 4.99 Å². The number of halogens is 1. The van der Waals surface area contributed by atoms with Crippen molar-refractivity contribution < 1.29 is 9.18 Å². The van der Waals surface area contributed by atoms with Gasteiger partial charge in [0.1, 0.15) is 5.82 Å². The molecule has 1 heterocycles. The molecular formula is C18H15FN2OS. The minimum atomic E-state index is -0.293. The molecule has 0 atom stereocenters. The summed E-state index contributed by atoms with van der Waals surface area (Å²) in [5.41, 5.74) is 1.60. The molecule has 1 amide bonds. The number of aliphatic imine (C=N–C) groups is 1. The molecule has 3 nitrogen and oxygen atoms in total. The van der Waals surface area contributed by atoms with Crippen molar-refractivity contribution in [3.8, 4) is 0 Å². The highest BCUT2D eigenvalue weighted by Crippen LogP contribution is 2.33. The van der Waals surface area contributed by atoms with E-state index in [2.05, 4.69) is 4.99 Å². The van der Waals surface area contributed by atoms with E-state index in [1.165, 1.54) is 23.9 Å². The van der Waals surface area contributed by atoms with E-state index >= 15 is 0 Å². The first-order valence-corrected chi connectivity index (χ1v) is 8.10. The van der Waals surface area contributed by atoms with Crippen molar-refractivity contribution in [3.05, 3.63) is 70.9 Å². The van der Waals surface area contributed by atoms with Crippen molar-refractivity contribution in [2.45, 2.75) is 6.92 Å². The van der Waals surface area contributed by atoms with Crippen molar-refractivity contribution in [1.82, 2.24) is 4.90 Å². The van der Waals surface area contributed by atoms with E-state index in [4.69, 9.17) is 0 Å². The second-order valence-corrected chi connectivity index (χ2v) is 5.95. The third-order valence-corrected chi connectivity index (χ3v) is 4.36. The van der Waals surface area contributed by atoms with Gasteiger partial charge in [-0.25, -0.2) is 9.38 Å². The Bertz CT molecular complexity index is 769. The molecule has 0 aromatic heterocycles. The lowest BCUT2D eigenvalue weighted by molar-refractivity contribution is -0.122. The summed E-state index contributed by atoms with van der Waals surface area (Å²) in [7, 11) is 0. The molecule has 23 heavy (non-hydrogen) atoms. The Morgan fingerprint density at radius 3 is 2.48 bits per heavy atom. The maximum Gasteiger partial charge on any atom is 0.266 e. The average Bonchev–Trinajstić information content (AvgIpc) is 2.85. The zero-order valence-electron chi connectivity index (χ0n) is 12.6. The van der Waals surface area contributed by atoms with Crippen LogP contribution >= 0.6 is 11.8 Å². The summed E-state index contributed by atoms with van der Waals surface area (Å²) in [6, 6.07) is 15.6. The normalized spacial score (nSPS) is 18.2. The largest absolute Gasteiger partial charge is 0.287 e. The molecule has 116 valence electrons. The average molecular weight is 326 g/mol. The van der Waals surface area contributed by atoms with Crippen LogP contribution in [0.25, 0.3) is 6.08 Å². The Hall–Kier alpha value is -2.40. The molecule has 1 aliphatic heterocycles. The number of thioether (sulfide) groups is 1. The Morgan fingerprint density at radius 2 is 1.83 bits per heavy atom. The van der Waals surface area contributed by atoms with Gasteiger partial charge in [-0.1, -0.05) is 30.3 Å². The summed E-state index contributed by atoms with van der Waals surface area (Å²) in [5, 5.41) is 0.664. The van der Waals surface area contributed by atoms with Crippen LogP contribution in [0.5, 0.6) is 0 Å². The molecule has 1 fully saturated rings. The lowest BCUT2D eigenvalue weighted by Crippen LogP contribution is -2.28. The van der Waals surface area contributed by atoms with Crippen LogP contribution in [0.15, 0.2) is 64.5 Å². The quantitative estimate of drug-likeness (QED) is 0.781. The number of amides is 1. The van der Waals surface area contributed by atoms with Crippen LogP contribution in [0, 0.1) is 5.82 Å². The fraction of sp³-hybridized carbons (Fsp3) is 0.111. The maximum atomic E-state index is 13.0. The van der Waals surface area contributed by atoms with Crippen LogP contribution < -0.4 is 0 Å². The summed E-state index contributed by atoms with van der Waals surface area (Å²) < 4.78 is 13.0. The van der Waals surface area contributed by atoms with Crippen LogP contribution in [0.1, 0.15) is 12.5 Å². The van der Waals surface area contributed by atoms with Crippen molar-refractivity contribution in [1.29, 1.82) is 0 Å². The number of likely N-dealkylation sites (N-methyl/N-ethyl adjacent to an activating group) is 1. The highest BCUT2D eigenvalue weighted by molar-refractivity contribution is 8.18. The number of carbonyl (C=O) groups excluding carboxylic acids is 1. The number of carbonyl (C=O) groups is 1. The smallest absolute Gasteiger partial charge is 0.266 e. The van der Waals surface area contributed by atoms with E-state index < -0.39 is 0 Å². The molecule has 0 aliphatic carbocycles. The molecule has 0 spiro atoms. The highest BCUT2D eigenvalue weighted by Gasteiger charge is 2.32. The molecule has 2 aromatic carbocycles. The lowest BCUT2D eigenvalue weighted by Gasteiger charge is -2.11. The summed E-state index contributed by atoms with van der Waals surface area (Å²) in [6.07, 6.45) is 1.77. The highest BCUT2D eigenvalue weighted by atomic mass is 32.2. The molecule has 0 bridgehead atoms. The zero-order chi connectivity index (χ0) is 16.2. The summed E-state index contributed by atoms with van der Waals surface area (Å²) in [5.74, 6) is -0.365. The summed E-state index contributed by atoms with van der Waals surface area (Å²) in [4.78, 5) is 19.3. The second kappa shape index (κ2) is 6.79. The fourth-order valence-electron chi connectivity index (χ4n) is 2.19. The zero-order valence-corrected chi connectivity index (χ0v) is 13.4. The van der Waals surface area contributed by atoms with E-state index in [9.17, 15) is 9.18 Å². The predicted octanol–water partition coefficient (Wildman–Crippen LogP) is 4.45. The minimum absolute atomic E-state index is 0.0727. The van der Waals surface area contributed by atoms with Crippen LogP contribution in [-0.2, 0) is 4.79 Å². The van der Waals surface area contributed by atoms with Gasteiger partial charge in [-0.2, -0.15) is 0 Å². The molecule has 5 heteroatoms. The second-order valence-electron chi connectivity index (χ2n) is 4.94. The Morgan fingerprint density at radius 1 is 1.13 bits per heavy atom. The van der Waals surface area contributed by atoms with Gasteiger partial charge in [-0.3, -0.25) is 9.69 Å². The monoisotopic (exact) mass is 326 g/mol. The van der Waals surface area contributed by atoms with Gasteiger partial charge in [0.15, 0.2) is 5.17 Å². The standard InChI is InChI=1S/C18H15FN2OS/c1-2-21-17(22)16(12-13-8-10-14(19)11-9-13)23-18(21)20-15-6-4-3-5-7-15/h3-12H,2H2,1H3/b16-12+,20-18?. The Kier molecular flexibility index (Phi) is 4.57. The van der Waals surface area contributed by atoms with Crippen molar-refractivity contribution >= 4 is 34.6 Å². The first-order chi connectivity index (χ1) is 11.2. The van der Waals surface area contributed by atoms with E-state index in [1.807, 2.05) is 37.3 Å². The third-order valence-electron chi connectivity index (χ3n) is 3.35. The van der Waals surface area contributed by atoms with Gasteiger partial charge in [-0.15, -0.1) is 0 Å². The van der Waals surface area contributed by atoms with E-state index in [0.717, 1.165) is 11.3 Å². The van der Waals surface area contributed by atoms with Gasteiger partial charge in [0.2, 0.25) is 0 Å². The predicted molar refractivity (Wildman–Crippen MR) is 92.9 cm³/mol. The molecule has 1 aliphatic rings. The molecular weight excluding hydrogens is 311 g/mol. The molecule has 0 saturated carbocycles. The lowest BCUT2D eigenvalue weighted by atomic mass is 10.2. The number of amidine groups is 1. The number of benzene rings is 2. The SMILES string of the molecule is CCN1C(=O)/C(=C\c2ccc(F)cc2)SC1=Nc1ccccc1. The number of nitrogens with zero attached hydrogens (tertiary/aromatic N) is 2. The maximum absolute atomic E-state index is 13.0. The van der Waals surface area contributed by atoms with Crippen molar-refractivity contribution in [2.75, 3.05) is 6.54 Å². The third kappa shape index (κ3) is 3.51. The van der Waals surface area contributed by atoms with Crippen molar-refractivity contribution in [3.63, 3.8) is 0 Å². The molecule has 3 rings (SSSR count). The van der Waals surface area contributed by atoms with Gasteiger partial charge < -0.3 is 0 Å². The first-order valence-electron chi connectivity index (χ1n) is 7.28. The van der Waals surface area contributed by atoms with Crippen LogP contribution in [-0.4, -0.2) is 22.5 Å². The van der Waals surface area contributed by atoms with Crippen LogP contribution in [0.4, 0.5) is 10.1 Å². The summed E-state index contributed by atoms with van der Waals surface area (Å²) >= 11 is 1.34. The van der Waals surface area contributed by atoms with E-state index in [-0.39, 0.29) is 11.7 Å². The number of hydrogen-bond donors (Lipinski definition) is 0. The van der Waals surface area contributed by atoms with E-state index in [0.29, 0.717) is 16.6 Å². The summed E-state index contributed by atoms with van der Waals surface area (Å²) in [6.45, 7) is 2.47. The van der Waals surface area contributed by atoms with Gasteiger partial charge >= 0.3 is 0 Å².